The fourth-order valence-corrected chi connectivity index (χ4v) is 5.51. The number of hydrogen-bond donors (Lipinski definition) is 0. The van der Waals surface area contributed by atoms with E-state index in [2.05, 4.69) is 50.3 Å². The van der Waals surface area contributed by atoms with Crippen molar-refractivity contribution in [2.45, 2.75) is 58.3 Å². The summed E-state index contributed by atoms with van der Waals surface area (Å²) >= 11 is 0. The molecule has 0 radical (unpaired) electrons. The Morgan fingerprint density at radius 1 is 1.12 bits per heavy atom. The minimum absolute atomic E-state index is 0.0704. The maximum atomic E-state index is 13.1. The van der Waals surface area contributed by atoms with Crippen LogP contribution >= 0.6 is 0 Å². The number of allylic oxidation sites excluding steroid dienone is 2. The number of carbonyl (C=O) groups is 1. The monoisotopic (exact) mass is 330 g/mol. The van der Waals surface area contributed by atoms with Gasteiger partial charge in [-0.25, -0.2) is 0 Å². The van der Waals surface area contributed by atoms with Crippen molar-refractivity contribution >= 4 is 16.6 Å². The summed E-state index contributed by atoms with van der Waals surface area (Å²) in [6.07, 6.45) is 8.49. The fourth-order valence-electron chi connectivity index (χ4n) is 5.51. The van der Waals surface area contributed by atoms with Crippen LogP contribution in [-0.2, 0) is 17.6 Å². The first kappa shape index (κ1) is 15.4. The number of Topliss-reactive ketones (excluding diaryl/α,β-unsaturated/α-hetero) is 1. The summed E-state index contributed by atoms with van der Waals surface area (Å²) in [5.41, 5.74) is 5.61. The molecule has 1 saturated carbocycles. The van der Waals surface area contributed by atoms with Crippen molar-refractivity contribution in [3.8, 4) is 0 Å². The van der Waals surface area contributed by atoms with Crippen LogP contribution in [0.25, 0.3) is 10.8 Å². The summed E-state index contributed by atoms with van der Waals surface area (Å²) in [7, 11) is 0. The maximum Gasteiger partial charge on any atom is 0.144 e. The van der Waals surface area contributed by atoms with E-state index in [0.29, 0.717) is 24.0 Å². The average Bonchev–Trinajstić information content (AvgIpc) is 3.22. The molecule has 1 fully saturated rings. The second-order valence-electron chi connectivity index (χ2n) is 8.65. The number of fused-ring (bicyclic) bond motifs is 5. The lowest BCUT2D eigenvalue weighted by Crippen LogP contribution is -2.42. The molecule has 2 aromatic carbocycles. The third-order valence-corrected chi connectivity index (χ3v) is 7.30. The number of rotatable bonds is 2. The van der Waals surface area contributed by atoms with Crippen LogP contribution in [0.2, 0.25) is 0 Å². The molecule has 0 aromatic heterocycles. The number of benzene rings is 2. The highest BCUT2D eigenvalue weighted by atomic mass is 16.1. The largest absolute Gasteiger partial charge is 0.299 e. The SMILES string of the molecule is CCC(C)c1ccc2cc3c(cc2c1)CC1(CC2=CCC1C2)C(=O)C3. The van der Waals surface area contributed by atoms with E-state index in [9.17, 15) is 4.79 Å². The van der Waals surface area contributed by atoms with E-state index in [1.54, 1.807) is 5.57 Å². The molecule has 0 aliphatic heterocycles. The van der Waals surface area contributed by atoms with E-state index in [-0.39, 0.29) is 5.41 Å². The summed E-state index contributed by atoms with van der Waals surface area (Å²) < 4.78 is 0. The van der Waals surface area contributed by atoms with E-state index in [4.69, 9.17) is 0 Å². The molecule has 25 heavy (non-hydrogen) atoms. The zero-order valence-electron chi connectivity index (χ0n) is 15.3. The molecule has 0 amide bonds. The van der Waals surface area contributed by atoms with Gasteiger partial charge in [0.1, 0.15) is 5.78 Å². The maximum absolute atomic E-state index is 13.1. The molecule has 3 unspecified atom stereocenters. The van der Waals surface area contributed by atoms with E-state index >= 15 is 0 Å². The molecule has 5 rings (SSSR count). The summed E-state index contributed by atoms with van der Waals surface area (Å²) in [6, 6.07) is 11.6. The lowest BCUT2D eigenvalue weighted by molar-refractivity contribution is -0.131. The van der Waals surface area contributed by atoms with Crippen LogP contribution in [0.15, 0.2) is 42.0 Å². The lowest BCUT2D eigenvalue weighted by Gasteiger charge is -2.39. The first-order chi connectivity index (χ1) is 12.1. The van der Waals surface area contributed by atoms with Gasteiger partial charge in [-0.3, -0.25) is 4.79 Å². The standard InChI is InChI=1S/C24H26O/c1-3-15(2)17-5-6-18-10-20-12-23(25)24(13-16-4-7-22(24)8-16)14-21(20)11-19(18)9-17/h4-6,9-11,15,22H,3,7-8,12-14H2,1-2H3. The molecular weight excluding hydrogens is 304 g/mol. The van der Waals surface area contributed by atoms with Crippen molar-refractivity contribution < 1.29 is 4.79 Å². The van der Waals surface area contributed by atoms with Gasteiger partial charge in [0.15, 0.2) is 0 Å². The summed E-state index contributed by atoms with van der Waals surface area (Å²) in [4.78, 5) is 13.1. The van der Waals surface area contributed by atoms with Gasteiger partial charge in [-0.15, -0.1) is 0 Å². The van der Waals surface area contributed by atoms with Crippen LogP contribution in [-0.4, -0.2) is 5.78 Å². The Labute approximate surface area is 150 Å². The summed E-state index contributed by atoms with van der Waals surface area (Å²) in [6.45, 7) is 4.55. The number of ketones is 1. The minimum Gasteiger partial charge on any atom is -0.299 e. The molecule has 3 atom stereocenters. The Hall–Kier alpha value is -1.89. The van der Waals surface area contributed by atoms with Crippen molar-refractivity contribution in [1.29, 1.82) is 0 Å². The predicted octanol–water partition coefficient (Wildman–Crippen LogP) is 5.75. The molecular formula is C24H26O. The van der Waals surface area contributed by atoms with Crippen LogP contribution in [0.3, 0.4) is 0 Å². The smallest absolute Gasteiger partial charge is 0.144 e. The number of hydrogen-bond acceptors (Lipinski definition) is 1. The molecule has 128 valence electrons. The van der Waals surface area contributed by atoms with E-state index in [1.165, 1.54) is 40.3 Å². The highest BCUT2D eigenvalue weighted by molar-refractivity contribution is 5.93. The summed E-state index contributed by atoms with van der Waals surface area (Å²) in [5.74, 6) is 1.68. The van der Waals surface area contributed by atoms with Crippen LogP contribution < -0.4 is 0 Å². The van der Waals surface area contributed by atoms with Crippen LogP contribution in [0.4, 0.5) is 0 Å². The van der Waals surface area contributed by atoms with E-state index in [0.717, 1.165) is 19.3 Å². The zero-order chi connectivity index (χ0) is 17.2. The molecule has 2 aromatic rings. The molecule has 0 N–H and O–H groups in total. The lowest BCUT2D eigenvalue weighted by atomic mass is 9.63. The topological polar surface area (TPSA) is 17.1 Å². The van der Waals surface area contributed by atoms with Gasteiger partial charge in [0.2, 0.25) is 0 Å². The Morgan fingerprint density at radius 3 is 2.68 bits per heavy atom. The predicted molar refractivity (Wildman–Crippen MR) is 103 cm³/mol. The molecule has 0 saturated heterocycles. The average molecular weight is 330 g/mol. The van der Waals surface area contributed by atoms with Crippen LogP contribution in [0.5, 0.6) is 0 Å². The van der Waals surface area contributed by atoms with Gasteiger partial charge >= 0.3 is 0 Å². The van der Waals surface area contributed by atoms with Crippen molar-refractivity contribution in [2.75, 3.05) is 0 Å². The van der Waals surface area contributed by atoms with Crippen molar-refractivity contribution in [3.63, 3.8) is 0 Å². The normalized spacial score (nSPS) is 28.5. The third kappa shape index (κ3) is 2.18. The third-order valence-electron chi connectivity index (χ3n) is 7.30. The Morgan fingerprint density at radius 2 is 1.96 bits per heavy atom. The second-order valence-corrected chi connectivity index (χ2v) is 8.65. The van der Waals surface area contributed by atoms with Gasteiger partial charge < -0.3 is 0 Å². The molecule has 1 heteroatoms. The minimum atomic E-state index is -0.0704. The first-order valence-electron chi connectivity index (χ1n) is 9.86. The van der Waals surface area contributed by atoms with Gasteiger partial charge in [0.05, 0.1) is 0 Å². The van der Waals surface area contributed by atoms with Crippen molar-refractivity contribution in [2.24, 2.45) is 11.3 Å². The molecule has 0 heterocycles. The van der Waals surface area contributed by atoms with Crippen LogP contribution in [0, 0.1) is 11.3 Å². The molecule has 3 aliphatic rings. The Bertz CT molecular complexity index is 919. The first-order valence-corrected chi connectivity index (χ1v) is 9.86. The highest BCUT2D eigenvalue weighted by Crippen LogP contribution is 2.57. The van der Waals surface area contributed by atoms with Crippen LogP contribution in [0.1, 0.15) is 62.1 Å². The van der Waals surface area contributed by atoms with Gasteiger partial charge in [-0.1, -0.05) is 55.8 Å². The zero-order valence-corrected chi connectivity index (χ0v) is 15.3. The summed E-state index contributed by atoms with van der Waals surface area (Å²) in [5, 5.41) is 2.63. The molecule has 3 aliphatic carbocycles. The highest BCUT2D eigenvalue weighted by Gasteiger charge is 2.53. The van der Waals surface area contributed by atoms with Gasteiger partial charge in [-0.05, 0) is 71.4 Å². The Kier molecular flexibility index (Phi) is 3.26. The van der Waals surface area contributed by atoms with E-state index in [1.807, 2.05) is 0 Å². The van der Waals surface area contributed by atoms with Gasteiger partial charge in [0.25, 0.3) is 0 Å². The second kappa shape index (κ2) is 5.30. The van der Waals surface area contributed by atoms with Gasteiger partial charge in [-0.2, -0.15) is 0 Å². The van der Waals surface area contributed by atoms with Gasteiger partial charge in [0, 0.05) is 11.8 Å². The molecule has 1 nitrogen and oxygen atoms in total. The molecule has 2 bridgehead atoms. The fraction of sp³-hybridized carbons (Fsp3) is 0.458. The van der Waals surface area contributed by atoms with Crippen molar-refractivity contribution in [1.82, 2.24) is 0 Å². The van der Waals surface area contributed by atoms with Crippen molar-refractivity contribution in [3.05, 3.63) is 58.7 Å². The quantitative estimate of drug-likeness (QED) is 0.641. The number of carbonyl (C=O) groups excluding carboxylic acids is 1. The Balaban J connectivity index is 1.59. The molecule has 1 spiro atoms. The van der Waals surface area contributed by atoms with E-state index < -0.39 is 0 Å².